The maximum absolute atomic E-state index is 12.0. The van der Waals surface area contributed by atoms with Crippen LogP contribution in [-0.4, -0.2) is 25.5 Å². The minimum atomic E-state index is -0.452. The predicted octanol–water partition coefficient (Wildman–Crippen LogP) is 2.42. The van der Waals surface area contributed by atoms with Crippen LogP contribution >= 0.6 is 11.3 Å². The van der Waals surface area contributed by atoms with Gasteiger partial charge in [0.25, 0.3) is 0 Å². The van der Waals surface area contributed by atoms with Gasteiger partial charge >= 0.3 is 10.8 Å². The number of hydrogen-bond donors (Lipinski definition) is 2. The zero-order valence-corrected chi connectivity index (χ0v) is 17.0. The van der Waals surface area contributed by atoms with Crippen molar-refractivity contribution in [1.29, 1.82) is 0 Å². The zero-order chi connectivity index (χ0) is 20.8. The standard InChI is InChI=1S/C19H22N6O3S/c1-3-13-6-4-5-7-14(13)21-18-23-15(22-17(20)24-18)10-28-16(26)8-9-25-12(2)11-29-19(25)27/h4-7,11H,3,8-10H2,1-2H3,(H3,20,21,22,23,24). The Kier molecular flexibility index (Phi) is 6.55. The van der Waals surface area contributed by atoms with Gasteiger partial charge in [-0.3, -0.25) is 9.59 Å². The molecule has 3 aromatic rings. The first-order valence-corrected chi connectivity index (χ1v) is 10.00. The summed E-state index contributed by atoms with van der Waals surface area (Å²) in [5, 5.41) is 4.89. The molecule has 0 saturated heterocycles. The predicted molar refractivity (Wildman–Crippen MR) is 111 cm³/mol. The Balaban J connectivity index is 1.61. The minimum Gasteiger partial charge on any atom is -0.457 e. The van der Waals surface area contributed by atoms with E-state index in [4.69, 9.17) is 10.5 Å². The van der Waals surface area contributed by atoms with Crippen molar-refractivity contribution in [3.63, 3.8) is 0 Å². The maximum Gasteiger partial charge on any atom is 0.308 e. The third-order valence-electron chi connectivity index (χ3n) is 4.22. The van der Waals surface area contributed by atoms with E-state index in [0.29, 0.717) is 0 Å². The number of anilines is 3. The first-order chi connectivity index (χ1) is 14.0. The van der Waals surface area contributed by atoms with E-state index in [2.05, 4.69) is 27.2 Å². The molecule has 0 amide bonds. The van der Waals surface area contributed by atoms with Crippen molar-refractivity contribution in [3.05, 3.63) is 56.4 Å². The summed E-state index contributed by atoms with van der Waals surface area (Å²) in [6.07, 6.45) is 0.925. The molecule has 0 unspecified atom stereocenters. The van der Waals surface area contributed by atoms with Crippen molar-refractivity contribution >= 4 is 34.9 Å². The SMILES string of the molecule is CCc1ccccc1Nc1nc(N)nc(COC(=O)CCn2c(C)csc2=O)n1. The number of carbonyl (C=O) groups excluding carboxylic acids is 1. The van der Waals surface area contributed by atoms with E-state index in [1.165, 1.54) is 0 Å². The second-order valence-corrected chi connectivity index (χ2v) is 7.10. The molecule has 29 heavy (non-hydrogen) atoms. The number of ether oxygens (including phenoxy) is 1. The van der Waals surface area contributed by atoms with Crippen molar-refractivity contribution < 1.29 is 9.53 Å². The van der Waals surface area contributed by atoms with E-state index < -0.39 is 5.97 Å². The molecule has 0 aliphatic carbocycles. The number of thiazole rings is 1. The Labute approximate surface area is 171 Å². The maximum atomic E-state index is 12.0. The lowest BCUT2D eigenvalue weighted by atomic mass is 10.1. The molecule has 1 aromatic carbocycles. The van der Waals surface area contributed by atoms with Gasteiger partial charge in [0, 0.05) is 23.3 Å². The number of carbonyl (C=O) groups is 1. The number of para-hydroxylation sites is 1. The number of nitrogens with two attached hydrogens (primary N) is 1. The van der Waals surface area contributed by atoms with Crippen molar-refractivity contribution in [2.45, 2.75) is 39.8 Å². The Morgan fingerprint density at radius 3 is 2.79 bits per heavy atom. The third-order valence-corrected chi connectivity index (χ3v) is 5.10. The number of benzene rings is 1. The number of aryl methyl sites for hydroxylation is 2. The van der Waals surface area contributed by atoms with Crippen LogP contribution in [0.5, 0.6) is 0 Å². The van der Waals surface area contributed by atoms with E-state index in [1.807, 2.05) is 31.2 Å². The summed E-state index contributed by atoms with van der Waals surface area (Å²) in [6, 6.07) is 7.81. The van der Waals surface area contributed by atoms with Crippen LogP contribution in [-0.2, 0) is 29.1 Å². The fraction of sp³-hybridized carbons (Fsp3) is 0.316. The Hall–Kier alpha value is -3.27. The molecule has 0 aliphatic heterocycles. The quantitative estimate of drug-likeness (QED) is 0.538. The molecular formula is C19H22N6O3S. The van der Waals surface area contributed by atoms with Crippen molar-refractivity contribution in [1.82, 2.24) is 19.5 Å². The van der Waals surface area contributed by atoms with Crippen molar-refractivity contribution in [2.24, 2.45) is 0 Å². The van der Waals surface area contributed by atoms with Crippen LogP contribution in [0.1, 0.15) is 30.4 Å². The van der Waals surface area contributed by atoms with Crippen molar-refractivity contribution in [3.8, 4) is 0 Å². The smallest absolute Gasteiger partial charge is 0.308 e. The summed E-state index contributed by atoms with van der Waals surface area (Å²) in [5.41, 5.74) is 8.57. The van der Waals surface area contributed by atoms with E-state index in [-0.39, 0.29) is 42.2 Å². The summed E-state index contributed by atoms with van der Waals surface area (Å²) in [5.74, 6) is 0.103. The van der Waals surface area contributed by atoms with Crippen LogP contribution in [0.2, 0.25) is 0 Å². The number of nitrogens with one attached hydrogen (secondary N) is 1. The highest BCUT2D eigenvalue weighted by atomic mass is 32.1. The summed E-state index contributed by atoms with van der Waals surface area (Å²) in [6.45, 7) is 4.01. The molecule has 2 aromatic heterocycles. The number of aromatic nitrogens is 4. The second-order valence-electron chi connectivity index (χ2n) is 6.27. The molecule has 0 radical (unpaired) electrons. The van der Waals surface area contributed by atoms with Crippen LogP contribution in [0.3, 0.4) is 0 Å². The Bertz CT molecular complexity index is 1060. The Morgan fingerprint density at radius 1 is 1.28 bits per heavy atom. The normalized spacial score (nSPS) is 10.7. The average molecular weight is 414 g/mol. The first kappa shape index (κ1) is 20.5. The van der Waals surface area contributed by atoms with Gasteiger partial charge in [0.1, 0.15) is 0 Å². The summed E-state index contributed by atoms with van der Waals surface area (Å²) >= 11 is 1.11. The van der Waals surface area contributed by atoms with Gasteiger partial charge in [0.15, 0.2) is 12.4 Å². The number of nitrogen functional groups attached to an aromatic ring is 1. The lowest BCUT2D eigenvalue weighted by Crippen LogP contribution is -2.18. The van der Waals surface area contributed by atoms with Gasteiger partial charge in [-0.25, -0.2) is 0 Å². The molecule has 152 valence electrons. The van der Waals surface area contributed by atoms with Crippen LogP contribution in [0.15, 0.2) is 34.4 Å². The fourth-order valence-electron chi connectivity index (χ4n) is 2.72. The molecular weight excluding hydrogens is 392 g/mol. The van der Waals surface area contributed by atoms with Gasteiger partial charge in [0.2, 0.25) is 11.9 Å². The number of rotatable bonds is 8. The zero-order valence-electron chi connectivity index (χ0n) is 16.2. The number of hydrogen-bond acceptors (Lipinski definition) is 9. The van der Waals surface area contributed by atoms with E-state index in [1.54, 1.807) is 9.95 Å². The average Bonchev–Trinajstić information content (AvgIpc) is 3.02. The molecule has 3 rings (SSSR count). The second kappa shape index (κ2) is 9.28. The van der Waals surface area contributed by atoms with Gasteiger partial charge in [-0.05, 0) is 25.0 Å². The summed E-state index contributed by atoms with van der Waals surface area (Å²) in [7, 11) is 0. The van der Waals surface area contributed by atoms with E-state index in [9.17, 15) is 9.59 Å². The minimum absolute atomic E-state index is 0.0305. The highest BCUT2D eigenvalue weighted by molar-refractivity contribution is 7.07. The summed E-state index contributed by atoms with van der Waals surface area (Å²) < 4.78 is 6.77. The van der Waals surface area contributed by atoms with E-state index in [0.717, 1.165) is 34.7 Å². The number of nitrogens with zero attached hydrogens (tertiary/aromatic N) is 4. The third kappa shape index (κ3) is 5.38. The highest BCUT2D eigenvalue weighted by Gasteiger charge is 2.11. The van der Waals surface area contributed by atoms with Gasteiger partial charge < -0.3 is 20.4 Å². The molecule has 9 nitrogen and oxygen atoms in total. The molecule has 0 fully saturated rings. The monoisotopic (exact) mass is 414 g/mol. The molecule has 10 heteroatoms. The molecule has 0 saturated carbocycles. The van der Waals surface area contributed by atoms with Gasteiger partial charge in [-0.2, -0.15) is 15.0 Å². The van der Waals surface area contributed by atoms with Crippen LogP contribution in [0, 0.1) is 6.92 Å². The highest BCUT2D eigenvalue weighted by Crippen LogP contribution is 2.19. The van der Waals surface area contributed by atoms with Crippen LogP contribution in [0.4, 0.5) is 17.6 Å². The van der Waals surface area contributed by atoms with Gasteiger partial charge in [-0.15, -0.1) is 0 Å². The van der Waals surface area contributed by atoms with Crippen LogP contribution in [0.25, 0.3) is 0 Å². The molecule has 2 heterocycles. The van der Waals surface area contributed by atoms with Gasteiger partial charge in [-0.1, -0.05) is 36.5 Å². The largest absolute Gasteiger partial charge is 0.457 e. The first-order valence-electron chi connectivity index (χ1n) is 9.12. The molecule has 0 atom stereocenters. The summed E-state index contributed by atoms with van der Waals surface area (Å²) in [4.78, 5) is 36.0. The molecule has 0 bridgehead atoms. The Morgan fingerprint density at radius 2 is 2.07 bits per heavy atom. The van der Waals surface area contributed by atoms with Crippen LogP contribution < -0.4 is 15.9 Å². The molecule has 0 spiro atoms. The fourth-order valence-corrected chi connectivity index (χ4v) is 3.49. The lowest BCUT2D eigenvalue weighted by molar-refractivity contribution is -0.145. The van der Waals surface area contributed by atoms with Gasteiger partial charge in [0.05, 0.1) is 6.42 Å². The lowest BCUT2D eigenvalue weighted by Gasteiger charge is -2.11. The topological polar surface area (TPSA) is 125 Å². The van der Waals surface area contributed by atoms with E-state index >= 15 is 0 Å². The molecule has 0 aliphatic rings. The number of esters is 1. The van der Waals surface area contributed by atoms with Crippen molar-refractivity contribution in [2.75, 3.05) is 11.1 Å². The molecule has 3 N–H and O–H groups in total.